The van der Waals surface area contributed by atoms with Crippen LogP contribution >= 0.6 is 0 Å². The topological polar surface area (TPSA) is 80.0 Å². The van der Waals surface area contributed by atoms with E-state index in [0.717, 1.165) is 19.3 Å². The maximum atomic E-state index is 12.7. The van der Waals surface area contributed by atoms with Crippen molar-refractivity contribution in [2.24, 2.45) is 5.92 Å². The molecular formula is C19H29NO5. The SMILES string of the molecule is CCC(OC1CCCC(C)C1)C(=O)N(C)Cc1cc(C(=O)O)c(C)o1. The van der Waals surface area contributed by atoms with Crippen LogP contribution in [0.4, 0.5) is 0 Å². The molecule has 0 spiro atoms. The number of amides is 1. The molecule has 3 unspecified atom stereocenters. The summed E-state index contributed by atoms with van der Waals surface area (Å²) in [6, 6.07) is 1.48. The van der Waals surface area contributed by atoms with Gasteiger partial charge in [-0.25, -0.2) is 4.79 Å². The first-order chi connectivity index (χ1) is 11.8. The smallest absolute Gasteiger partial charge is 0.339 e. The summed E-state index contributed by atoms with van der Waals surface area (Å²) in [6.07, 6.45) is 4.70. The Labute approximate surface area is 149 Å². The fourth-order valence-corrected chi connectivity index (χ4v) is 3.45. The van der Waals surface area contributed by atoms with E-state index < -0.39 is 12.1 Å². The lowest BCUT2D eigenvalue weighted by Crippen LogP contribution is -2.40. The van der Waals surface area contributed by atoms with Crippen molar-refractivity contribution >= 4 is 11.9 Å². The maximum absolute atomic E-state index is 12.7. The third-order valence-electron chi connectivity index (χ3n) is 4.86. The second-order valence-electron chi connectivity index (χ2n) is 7.11. The first kappa shape index (κ1) is 19.5. The molecule has 0 aliphatic heterocycles. The van der Waals surface area contributed by atoms with Crippen molar-refractivity contribution in [3.63, 3.8) is 0 Å². The van der Waals surface area contributed by atoms with Gasteiger partial charge in [0.1, 0.15) is 23.2 Å². The maximum Gasteiger partial charge on any atom is 0.339 e. The molecule has 1 aromatic rings. The molecule has 6 heteroatoms. The van der Waals surface area contributed by atoms with Crippen molar-refractivity contribution in [1.29, 1.82) is 0 Å². The van der Waals surface area contributed by atoms with Gasteiger partial charge in [-0.2, -0.15) is 0 Å². The van der Waals surface area contributed by atoms with Gasteiger partial charge in [0.2, 0.25) is 0 Å². The van der Waals surface area contributed by atoms with E-state index in [9.17, 15) is 9.59 Å². The summed E-state index contributed by atoms with van der Waals surface area (Å²) in [4.78, 5) is 25.3. The summed E-state index contributed by atoms with van der Waals surface area (Å²) in [7, 11) is 1.69. The first-order valence-electron chi connectivity index (χ1n) is 9.04. The van der Waals surface area contributed by atoms with Crippen LogP contribution in [0.5, 0.6) is 0 Å². The number of aryl methyl sites for hydroxylation is 1. The summed E-state index contributed by atoms with van der Waals surface area (Å²) < 4.78 is 11.5. The number of carboxylic acid groups (broad SMARTS) is 1. The van der Waals surface area contributed by atoms with Crippen molar-refractivity contribution in [2.45, 2.75) is 71.6 Å². The minimum Gasteiger partial charge on any atom is -0.478 e. The minimum atomic E-state index is -1.03. The van der Waals surface area contributed by atoms with E-state index in [0.29, 0.717) is 23.9 Å². The van der Waals surface area contributed by atoms with E-state index in [1.54, 1.807) is 18.9 Å². The van der Waals surface area contributed by atoms with Crippen molar-refractivity contribution < 1.29 is 23.8 Å². The molecule has 0 bridgehead atoms. The highest BCUT2D eigenvalue weighted by atomic mass is 16.5. The Bertz CT molecular complexity index is 609. The van der Waals surface area contributed by atoms with Crippen LogP contribution in [-0.2, 0) is 16.1 Å². The zero-order valence-electron chi connectivity index (χ0n) is 15.6. The standard InChI is InChI=1S/C19H29NO5/c1-5-17(25-14-8-6-7-12(2)9-14)18(21)20(4)11-15-10-16(19(22)23)13(3)24-15/h10,12,14,17H,5-9,11H2,1-4H3,(H,22,23). The quantitative estimate of drug-likeness (QED) is 0.811. The molecule has 1 saturated carbocycles. The molecule has 25 heavy (non-hydrogen) atoms. The van der Waals surface area contributed by atoms with Crippen LogP contribution in [-0.4, -0.2) is 41.1 Å². The van der Waals surface area contributed by atoms with Gasteiger partial charge in [0, 0.05) is 7.05 Å². The number of ether oxygens (including phenoxy) is 1. The fourth-order valence-electron chi connectivity index (χ4n) is 3.45. The Morgan fingerprint density at radius 3 is 2.72 bits per heavy atom. The van der Waals surface area contributed by atoms with Crippen LogP contribution in [0.3, 0.4) is 0 Å². The van der Waals surface area contributed by atoms with Gasteiger partial charge < -0.3 is 19.2 Å². The summed E-state index contributed by atoms with van der Waals surface area (Å²) in [5.74, 6) is 0.341. The molecule has 1 aliphatic rings. The Kier molecular flexibility index (Phi) is 6.64. The van der Waals surface area contributed by atoms with Crippen molar-refractivity contribution in [3.8, 4) is 0 Å². The van der Waals surface area contributed by atoms with Gasteiger partial charge in [-0.1, -0.05) is 26.7 Å². The third kappa shape index (κ3) is 5.08. The van der Waals surface area contributed by atoms with Crippen LogP contribution in [0.25, 0.3) is 0 Å². The Hall–Kier alpha value is -1.82. The van der Waals surface area contributed by atoms with Crippen LogP contribution in [0.1, 0.15) is 67.8 Å². The molecule has 1 amide bonds. The van der Waals surface area contributed by atoms with Crippen molar-refractivity contribution in [2.75, 3.05) is 7.05 Å². The second kappa shape index (κ2) is 8.52. The molecule has 0 aromatic carbocycles. The van der Waals surface area contributed by atoms with Crippen molar-refractivity contribution in [1.82, 2.24) is 4.90 Å². The average Bonchev–Trinajstić information content (AvgIpc) is 2.92. The Morgan fingerprint density at radius 1 is 1.44 bits per heavy atom. The minimum absolute atomic E-state index is 0.0911. The number of carbonyl (C=O) groups is 2. The van der Waals surface area contributed by atoms with Gasteiger partial charge in [-0.3, -0.25) is 4.79 Å². The highest BCUT2D eigenvalue weighted by Gasteiger charge is 2.28. The predicted octanol–water partition coefficient (Wildman–Crippen LogP) is 3.62. The molecule has 140 valence electrons. The summed E-state index contributed by atoms with van der Waals surface area (Å²) in [6.45, 7) is 6.01. The lowest BCUT2D eigenvalue weighted by atomic mass is 9.88. The van der Waals surface area contributed by atoms with Crippen LogP contribution < -0.4 is 0 Å². The lowest BCUT2D eigenvalue weighted by Gasteiger charge is -2.31. The first-order valence-corrected chi connectivity index (χ1v) is 9.04. The zero-order valence-corrected chi connectivity index (χ0v) is 15.6. The Balaban J connectivity index is 1.96. The molecule has 1 fully saturated rings. The van der Waals surface area contributed by atoms with Gasteiger partial charge in [-0.15, -0.1) is 0 Å². The highest BCUT2D eigenvalue weighted by molar-refractivity contribution is 5.88. The summed E-state index contributed by atoms with van der Waals surface area (Å²) in [5.41, 5.74) is 0.135. The number of hydrogen-bond acceptors (Lipinski definition) is 4. The molecule has 0 saturated heterocycles. The van der Waals surface area contributed by atoms with Gasteiger partial charge >= 0.3 is 5.97 Å². The van der Waals surface area contributed by atoms with Gasteiger partial charge in [0.15, 0.2) is 0 Å². The van der Waals surface area contributed by atoms with E-state index in [4.69, 9.17) is 14.3 Å². The van der Waals surface area contributed by atoms with Crippen LogP contribution in [0.2, 0.25) is 0 Å². The molecule has 1 aliphatic carbocycles. The summed E-state index contributed by atoms with van der Waals surface area (Å²) in [5, 5.41) is 9.09. The Morgan fingerprint density at radius 2 is 2.16 bits per heavy atom. The highest BCUT2D eigenvalue weighted by Crippen LogP contribution is 2.27. The number of carbonyl (C=O) groups excluding carboxylic acids is 1. The molecule has 3 atom stereocenters. The lowest BCUT2D eigenvalue weighted by molar-refractivity contribution is -0.149. The molecule has 1 aromatic heterocycles. The second-order valence-corrected chi connectivity index (χ2v) is 7.11. The molecule has 0 radical (unpaired) electrons. The number of hydrogen-bond donors (Lipinski definition) is 1. The number of furan rings is 1. The summed E-state index contributed by atoms with van der Waals surface area (Å²) >= 11 is 0. The average molecular weight is 351 g/mol. The molecule has 6 nitrogen and oxygen atoms in total. The van der Waals surface area contributed by atoms with Crippen molar-refractivity contribution in [3.05, 3.63) is 23.2 Å². The third-order valence-corrected chi connectivity index (χ3v) is 4.86. The molecular weight excluding hydrogens is 322 g/mol. The van der Waals surface area contributed by atoms with Gasteiger partial charge in [0.25, 0.3) is 5.91 Å². The zero-order chi connectivity index (χ0) is 18.6. The molecule has 1 N–H and O–H groups in total. The normalized spacial score (nSPS) is 21.8. The van der Waals surface area contributed by atoms with Gasteiger partial charge in [-0.05, 0) is 38.2 Å². The van der Waals surface area contributed by atoms with E-state index >= 15 is 0 Å². The largest absolute Gasteiger partial charge is 0.478 e. The predicted molar refractivity (Wildman–Crippen MR) is 93.5 cm³/mol. The number of aromatic carboxylic acids is 1. The van der Waals surface area contributed by atoms with E-state index in [1.165, 1.54) is 12.5 Å². The van der Waals surface area contributed by atoms with Crippen LogP contribution in [0, 0.1) is 12.8 Å². The molecule has 1 heterocycles. The number of likely N-dealkylation sites (N-methyl/N-ethyl adjacent to an activating group) is 1. The fraction of sp³-hybridized carbons (Fsp3) is 0.684. The van der Waals surface area contributed by atoms with E-state index in [2.05, 4.69) is 6.92 Å². The van der Waals surface area contributed by atoms with E-state index in [-0.39, 0.29) is 24.1 Å². The number of rotatable bonds is 7. The number of nitrogens with zero attached hydrogens (tertiary/aromatic N) is 1. The van der Waals surface area contributed by atoms with Gasteiger partial charge in [0.05, 0.1) is 12.6 Å². The van der Waals surface area contributed by atoms with E-state index in [1.807, 2.05) is 6.92 Å². The van der Waals surface area contributed by atoms with Crippen LogP contribution in [0.15, 0.2) is 10.5 Å². The number of carboxylic acids is 1. The molecule has 2 rings (SSSR count). The monoisotopic (exact) mass is 351 g/mol.